The number of nitrogens with zero attached hydrogens (tertiary/aromatic N) is 4. The smallest absolute Gasteiger partial charge is 0.243 e. The van der Waals surface area contributed by atoms with Gasteiger partial charge in [-0.15, -0.1) is 23.5 Å². The summed E-state index contributed by atoms with van der Waals surface area (Å²) in [5.74, 6) is -1.33. The van der Waals surface area contributed by atoms with Crippen molar-refractivity contribution >= 4 is 35.3 Å². The summed E-state index contributed by atoms with van der Waals surface area (Å²) in [6.07, 6.45) is 8.27. The summed E-state index contributed by atoms with van der Waals surface area (Å²) in [6.45, 7) is 0. The van der Waals surface area contributed by atoms with E-state index >= 15 is 0 Å². The number of thioether (sulfide) groups is 2. The highest BCUT2D eigenvalue weighted by molar-refractivity contribution is 8.06. The second-order valence-corrected chi connectivity index (χ2v) is 12.1. The second-order valence-electron chi connectivity index (χ2n) is 9.87. The molecule has 0 aromatic carbocycles. The summed E-state index contributed by atoms with van der Waals surface area (Å²) in [5.41, 5.74) is -0.422. The van der Waals surface area contributed by atoms with Crippen LogP contribution >= 0.6 is 23.5 Å². The number of carbonyl (C=O) groups excluding carboxylic acids is 2. The van der Waals surface area contributed by atoms with Gasteiger partial charge >= 0.3 is 0 Å². The number of nitriles is 4. The summed E-state index contributed by atoms with van der Waals surface area (Å²) in [4.78, 5) is 25.6. The zero-order chi connectivity index (χ0) is 25.8. The molecule has 4 aliphatic rings. The Bertz CT molecular complexity index is 1070. The Kier molecular flexibility index (Phi) is 7.99. The number of rotatable bonds is 5. The Labute approximate surface area is 220 Å². The zero-order valence-corrected chi connectivity index (χ0v) is 21.7. The van der Waals surface area contributed by atoms with Crippen LogP contribution in [0.25, 0.3) is 0 Å². The second kappa shape index (κ2) is 11.0. The van der Waals surface area contributed by atoms with Crippen LogP contribution in [-0.4, -0.2) is 23.3 Å². The van der Waals surface area contributed by atoms with Crippen molar-refractivity contribution in [1.29, 1.82) is 21.0 Å². The fraction of sp³-hybridized carbons (Fsp3) is 0.615. The van der Waals surface area contributed by atoms with Gasteiger partial charge in [0.15, 0.2) is 0 Å². The largest absolute Gasteiger partial charge is 0.319 e. The highest BCUT2D eigenvalue weighted by Crippen LogP contribution is 2.53. The van der Waals surface area contributed by atoms with Gasteiger partial charge < -0.3 is 10.6 Å². The van der Waals surface area contributed by atoms with Crippen molar-refractivity contribution in [2.75, 3.05) is 11.5 Å². The van der Waals surface area contributed by atoms with Crippen LogP contribution in [0, 0.1) is 68.0 Å². The van der Waals surface area contributed by atoms with Crippen LogP contribution in [-0.2, 0) is 9.59 Å². The molecule has 0 aromatic rings. The standard InChI is InChI=1S/C26H28N6O2S2/c27-13-17-21(33)31-23(19(15-29)25(17)7-3-1-4-8-25)35-11-12-36-24-20(16-30)26(9-5-2-6-10-26)18(14-28)22(34)32-24/h17-18H,1-12H2,(H,31,33)(H,32,34). The molecule has 4 rings (SSSR count). The summed E-state index contributed by atoms with van der Waals surface area (Å²) < 4.78 is 0. The van der Waals surface area contributed by atoms with Gasteiger partial charge in [0.2, 0.25) is 11.8 Å². The Morgan fingerprint density at radius 1 is 0.667 bits per heavy atom. The maximum Gasteiger partial charge on any atom is 0.243 e. The lowest BCUT2D eigenvalue weighted by Gasteiger charge is -2.43. The van der Waals surface area contributed by atoms with Gasteiger partial charge in [0, 0.05) is 22.3 Å². The van der Waals surface area contributed by atoms with E-state index in [1.54, 1.807) is 0 Å². The first kappa shape index (κ1) is 26.2. The minimum absolute atomic E-state index is 0.343. The van der Waals surface area contributed by atoms with Crippen LogP contribution in [0.4, 0.5) is 0 Å². The van der Waals surface area contributed by atoms with E-state index in [1.165, 1.54) is 23.5 Å². The maximum atomic E-state index is 12.8. The Morgan fingerprint density at radius 2 is 1.03 bits per heavy atom. The number of amides is 2. The molecule has 2 heterocycles. The molecule has 0 radical (unpaired) electrons. The number of allylic oxidation sites excluding steroid dienone is 2. The number of hydrogen-bond acceptors (Lipinski definition) is 8. The first-order valence-corrected chi connectivity index (χ1v) is 14.4. The van der Waals surface area contributed by atoms with Gasteiger partial charge in [0.05, 0.1) is 45.5 Å². The van der Waals surface area contributed by atoms with E-state index in [9.17, 15) is 30.6 Å². The van der Waals surface area contributed by atoms with Crippen LogP contribution < -0.4 is 10.6 Å². The molecule has 2 fully saturated rings. The predicted molar refractivity (Wildman–Crippen MR) is 136 cm³/mol. The predicted octanol–water partition coefficient (Wildman–Crippen LogP) is 4.36. The molecule has 2 atom stereocenters. The Morgan fingerprint density at radius 3 is 1.33 bits per heavy atom. The van der Waals surface area contributed by atoms with Crippen molar-refractivity contribution in [3.8, 4) is 24.3 Å². The molecule has 8 nitrogen and oxygen atoms in total. The van der Waals surface area contributed by atoms with E-state index in [0.29, 0.717) is 58.4 Å². The normalized spacial score (nSPS) is 26.9. The van der Waals surface area contributed by atoms with E-state index < -0.39 is 22.7 Å². The molecule has 2 aliphatic carbocycles. The average molecular weight is 521 g/mol. The SMILES string of the molecule is N#CC1=C(SCCSC2=C(C#N)C3(CCCCC3)C(C#N)C(=O)N2)NC(=O)C(C#N)C12CCCCC2. The maximum absolute atomic E-state index is 12.8. The first-order valence-electron chi connectivity index (χ1n) is 12.4. The lowest BCUT2D eigenvalue weighted by molar-refractivity contribution is -0.127. The first-order chi connectivity index (χ1) is 17.5. The van der Waals surface area contributed by atoms with E-state index in [1.807, 2.05) is 0 Å². The van der Waals surface area contributed by atoms with Crippen molar-refractivity contribution < 1.29 is 9.59 Å². The molecule has 2 N–H and O–H groups in total. The number of nitrogens with one attached hydrogen (secondary N) is 2. The van der Waals surface area contributed by atoms with Gasteiger partial charge in [0.25, 0.3) is 0 Å². The van der Waals surface area contributed by atoms with Gasteiger partial charge in [-0.25, -0.2) is 0 Å². The molecular formula is C26H28N6O2S2. The van der Waals surface area contributed by atoms with Gasteiger partial charge in [0.1, 0.15) is 11.8 Å². The van der Waals surface area contributed by atoms with Crippen LogP contribution in [0.2, 0.25) is 0 Å². The number of carbonyl (C=O) groups is 2. The van der Waals surface area contributed by atoms with Crippen molar-refractivity contribution in [2.24, 2.45) is 22.7 Å². The summed E-state index contributed by atoms with van der Waals surface area (Å²) in [6, 6.07) is 8.92. The quantitative estimate of drug-likeness (QED) is 0.507. The fourth-order valence-corrected chi connectivity index (χ4v) is 8.58. The number of hydrogen-bond donors (Lipinski definition) is 2. The Balaban J connectivity index is 1.52. The fourth-order valence-electron chi connectivity index (χ4n) is 6.37. The molecule has 0 aromatic heterocycles. The molecule has 10 heteroatoms. The minimum Gasteiger partial charge on any atom is -0.319 e. The molecule has 2 aliphatic heterocycles. The summed E-state index contributed by atoms with van der Waals surface area (Å²) in [5, 5.41) is 46.1. The molecule has 2 amide bonds. The lowest BCUT2D eigenvalue weighted by Crippen LogP contribution is -2.48. The lowest BCUT2D eigenvalue weighted by atomic mass is 9.61. The van der Waals surface area contributed by atoms with Gasteiger partial charge in [-0.3, -0.25) is 9.59 Å². The third-order valence-electron chi connectivity index (χ3n) is 8.10. The van der Waals surface area contributed by atoms with E-state index in [4.69, 9.17) is 0 Å². The molecule has 36 heavy (non-hydrogen) atoms. The molecule has 0 saturated heterocycles. The van der Waals surface area contributed by atoms with Gasteiger partial charge in [-0.05, 0) is 25.7 Å². The zero-order valence-electron chi connectivity index (χ0n) is 20.1. The monoisotopic (exact) mass is 520 g/mol. The van der Waals surface area contributed by atoms with Gasteiger partial charge in [-0.1, -0.05) is 38.5 Å². The minimum atomic E-state index is -0.855. The highest BCUT2D eigenvalue weighted by atomic mass is 32.2. The summed E-state index contributed by atoms with van der Waals surface area (Å²) in [7, 11) is 0. The van der Waals surface area contributed by atoms with Crippen molar-refractivity contribution in [3.05, 3.63) is 21.2 Å². The van der Waals surface area contributed by atoms with Crippen molar-refractivity contribution in [1.82, 2.24) is 10.6 Å². The highest BCUT2D eigenvalue weighted by Gasteiger charge is 2.52. The Hall–Kier alpha value is -2.92. The van der Waals surface area contributed by atoms with Gasteiger partial charge in [-0.2, -0.15) is 21.0 Å². The topological polar surface area (TPSA) is 153 Å². The molecular weight excluding hydrogens is 492 g/mol. The van der Waals surface area contributed by atoms with E-state index in [-0.39, 0.29) is 11.8 Å². The van der Waals surface area contributed by atoms with Crippen LogP contribution in [0.1, 0.15) is 64.2 Å². The van der Waals surface area contributed by atoms with Crippen LogP contribution in [0.5, 0.6) is 0 Å². The van der Waals surface area contributed by atoms with E-state index in [0.717, 1.165) is 38.5 Å². The summed E-state index contributed by atoms with van der Waals surface area (Å²) >= 11 is 2.74. The van der Waals surface area contributed by atoms with Crippen molar-refractivity contribution in [2.45, 2.75) is 64.2 Å². The van der Waals surface area contributed by atoms with E-state index in [2.05, 4.69) is 34.9 Å². The van der Waals surface area contributed by atoms with Crippen molar-refractivity contribution in [3.63, 3.8) is 0 Å². The average Bonchev–Trinajstić information content (AvgIpc) is 2.88. The molecule has 2 unspecified atom stereocenters. The molecule has 2 saturated carbocycles. The van der Waals surface area contributed by atoms with Crippen LogP contribution in [0.15, 0.2) is 21.2 Å². The molecule has 186 valence electrons. The van der Waals surface area contributed by atoms with Crippen LogP contribution in [0.3, 0.4) is 0 Å². The molecule has 0 bridgehead atoms. The third kappa shape index (κ3) is 4.39. The third-order valence-corrected chi connectivity index (χ3v) is 10.4. The molecule has 2 spiro atoms.